The summed E-state index contributed by atoms with van der Waals surface area (Å²) in [5.41, 5.74) is 0.373. The zero-order chi connectivity index (χ0) is 17.7. The average molecular weight is 389 g/mol. The van der Waals surface area contributed by atoms with Crippen LogP contribution in [0.15, 0.2) is 36.4 Å². The molecule has 24 heavy (non-hydrogen) atoms. The maximum atomic E-state index is 12.5. The number of hydrogen-bond acceptors (Lipinski definition) is 3. The van der Waals surface area contributed by atoms with E-state index in [0.29, 0.717) is 38.7 Å². The average Bonchev–Trinajstić information content (AvgIpc) is 2.57. The smallest absolute Gasteiger partial charge is 0.265 e. The van der Waals surface area contributed by atoms with Gasteiger partial charge in [-0.3, -0.25) is 4.79 Å². The molecule has 0 aliphatic heterocycles. The van der Waals surface area contributed by atoms with Crippen LogP contribution in [0, 0.1) is 0 Å². The van der Waals surface area contributed by atoms with Gasteiger partial charge in [0.05, 0.1) is 27.9 Å². The van der Waals surface area contributed by atoms with E-state index in [1.165, 1.54) is 12.1 Å². The minimum atomic E-state index is -0.716. The summed E-state index contributed by atoms with van der Waals surface area (Å²) >= 11 is 17.9. The largest absolute Gasteiger partial charge is 0.493 e. The molecule has 0 aliphatic carbocycles. The molecule has 7 heteroatoms. The third-order valence-electron chi connectivity index (χ3n) is 3.27. The quantitative estimate of drug-likeness (QED) is 0.669. The van der Waals surface area contributed by atoms with E-state index in [-0.39, 0.29) is 5.91 Å². The molecule has 2 aromatic rings. The number of hydrogen-bond donors (Lipinski definition) is 1. The molecule has 128 valence electrons. The highest BCUT2D eigenvalue weighted by molar-refractivity contribution is 6.44. The van der Waals surface area contributed by atoms with Crippen molar-refractivity contribution < 1.29 is 14.3 Å². The van der Waals surface area contributed by atoms with Gasteiger partial charge in [-0.05, 0) is 30.7 Å². The predicted molar refractivity (Wildman–Crippen MR) is 97.8 cm³/mol. The van der Waals surface area contributed by atoms with Crippen LogP contribution in [0.25, 0.3) is 0 Å². The number of benzene rings is 2. The van der Waals surface area contributed by atoms with E-state index in [1.807, 2.05) is 13.0 Å². The minimum Gasteiger partial charge on any atom is -0.493 e. The van der Waals surface area contributed by atoms with Crippen molar-refractivity contribution in [3.8, 4) is 11.5 Å². The van der Waals surface area contributed by atoms with E-state index in [0.717, 1.165) is 0 Å². The molecule has 2 aromatic carbocycles. The number of ether oxygens (including phenoxy) is 2. The van der Waals surface area contributed by atoms with Gasteiger partial charge in [-0.25, -0.2) is 0 Å². The summed E-state index contributed by atoms with van der Waals surface area (Å²) in [6, 6.07) is 10.1. The number of nitrogens with one attached hydrogen (secondary N) is 1. The Labute approximate surface area is 155 Å². The van der Waals surface area contributed by atoms with Gasteiger partial charge in [0.1, 0.15) is 0 Å². The van der Waals surface area contributed by atoms with Crippen LogP contribution < -0.4 is 14.8 Å². The second kappa shape index (κ2) is 8.47. The highest BCUT2D eigenvalue weighted by Gasteiger charge is 2.21. The van der Waals surface area contributed by atoms with Crippen LogP contribution in [0.3, 0.4) is 0 Å². The van der Waals surface area contributed by atoms with Gasteiger partial charge in [0.15, 0.2) is 17.6 Å². The van der Waals surface area contributed by atoms with Gasteiger partial charge >= 0.3 is 0 Å². The summed E-state index contributed by atoms with van der Waals surface area (Å²) < 4.78 is 11.0. The van der Waals surface area contributed by atoms with E-state index in [2.05, 4.69) is 5.32 Å². The van der Waals surface area contributed by atoms with Crippen molar-refractivity contribution in [1.82, 2.24) is 0 Å². The molecule has 1 N–H and O–H groups in total. The molecule has 1 atom stereocenters. The van der Waals surface area contributed by atoms with Crippen LogP contribution in [0.1, 0.15) is 13.3 Å². The van der Waals surface area contributed by atoms with Gasteiger partial charge < -0.3 is 14.8 Å². The van der Waals surface area contributed by atoms with E-state index >= 15 is 0 Å². The fourth-order valence-corrected chi connectivity index (χ4v) is 2.62. The topological polar surface area (TPSA) is 47.6 Å². The minimum absolute atomic E-state index is 0.296. The van der Waals surface area contributed by atoms with Crippen molar-refractivity contribution in [2.75, 3.05) is 12.4 Å². The van der Waals surface area contributed by atoms with Crippen LogP contribution in [0.5, 0.6) is 11.5 Å². The first kappa shape index (κ1) is 18.7. The van der Waals surface area contributed by atoms with E-state index in [9.17, 15) is 4.79 Å². The lowest BCUT2D eigenvalue weighted by molar-refractivity contribution is -0.122. The summed E-state index contributed by atoms with van der Waals surface area (Å²) in [7, 11) is 1.54. The first-order chi connectivity index (χ1) is 11.5. The third kappa shape index (κ3) is 4.47. The van der Waals surface area contributed by atoms with Crippen molar-refractivity contribution in [1.29, 1.82) is 0 Å². The Morgan fingerprint density at radius 2 is 1.71 bits per heavy atom. The van der Waals surface area contributed by atoms with E-state index < -0.39 is 6.10 Å². The molecule has 0 aromatic heterocycles. The SMILES string of the molecule is CC[C@H](Oc1ccccc1OC)C(=O)Nc1cc(Cl)c(Cl)cc1Cl. The first-order valence-corrected chi connectivity index (χ1v) is 8.34. The molecule has 2 rings (SSSR count). The molecule has 0 unspecified atom stereocenters. The highest BCUT2D eigenvalue weighted by atomic mass is 35.5. The maximum Gasteiger partial charge on any atom is 0.265 e. The molecule has 0 spiro atoms. The van der Waals surface area contributed by atoms with E-state index in [4.69, 9.17) is 44.3 Å². The fourth-order valence-electron chi connectivity index (χ4n) is 2.02. The Bertz CT molecular complexity index is 737. The number of para-hydroxylation sites is 2. The number of carbonyl (C=O) groups excluding carboxylic acids is 1. The highest BCUT2D eigenvalue weighted by Crippen LogP contribution is 2.33. The normalized spacial score (nSPS) is 11.7. The molecule has 0 radical (unpaired) electrons. The molecule has 1 amide bonds. The number of amides is 1. The number of methoxy groups -OCH3 is 1. The standard InChI is InChI=1S/C17H16Cl3NO3/c1-3-14(24-16-7-5-4-6-15(16)23-2)17(22)21-13-9-11(19)10(18)8-12(13)20/h4-9,14H,3H2,1-2H3,(H,21,22)/t14-/m0/s1. The van der Waals surface area contributed by atoms with Crippen LogP contribution in [-0.4, -0.2) is 19.1 Å². The number of carbonyl (C=O) groups is 1. The number of rotatable bonds is 6. The van der Waals surface area contributed by atoms with Gasteiger partial charge in [-0.15, -0.1) is 0 Å². The molecule has 0 heterocycles. The summed E-state index contributed by atoms with van der Waals surface area (Å²) in [6.07, 6.45) is -0.255. The van der Waals surface area contributed by atoms with Crippen molar-refractivity contribution in [3.63, 3.8) is 0 Å². The Balaban J connectivity index is 2.16. The first-order valence-electron chi connectivity index (χ1n) is 7.21. The molecule has 0 bridgehead atoms. The predicted octanol–water partition coefficient (Wildman–Crippen LogP) is 5.45. The van der Waals surface area contributed by atoms with Gasteiger partial charge in [0.25, 0.3) is 5.91 Å². The van der Waals surface area contributed by atoms with Gasteiger partial charge in [-0.2, -0.15) is 0 Å². The Morgan fingerprint density at radius 1 is 1.08 bits per heavy atom. The van der Waals surface area contributed by atoms with Crippen molar-refractivity contribution in [3.05, 3.63) is 51.5 Å². The molecule has 0 saturated carbocycles. The summed E-state index contributed by atoms with van der Waals surface area (Å²) in [6.45, 7) is 1.84. The van der Waals surface area contributed by atoms with Crippen molar-refractivity contribution in [2.24, 2.45) is 0 Å². The zero-order valence-electron chi connectivity index (χ0n) is 13.1. The lowest BCUT2D eigenvalue weighted by Crippen LogP contribution is -2.32. The van der Waals surface area contributed by atoms with Gasteiger partial charge in [0.2, 0.25) is 0 Å². The van der Waals surface area contributed by atoms with E-state index in [1.54, 1.807) is 25.3 Å². The second-order valence-corrected chi connectivity index (χ2v) is 6.12. The molecule has 0 saturated heterocycles. The number of halogens is 3. The molecule has 0 aliphatic rings. The van der Waals surface area contributed by atoms with Crippen LogP contribution in [0.2, 0.25) is 15.1 Å². The van der Waals surface area contributed by atoms with Crippen LogP contribution >= 0.6 is 34.8 Å². The monoisotopic (exact) mass is 387 g/mol. The summed E-state index contributed by atoms with van der Waals surface area (Å²) in [5.74, 6) is 0.697. The van der Waals surface area contributed by atoms with Gasteiger partial charge in [-0.1, -0.05) is 53.9 Å². The lowest BCUT2D eigenvalue weighted by Gasteiger charge is -2.19. The Hall–Kier alpha value is -1.62. The van der Waals surface area contributed by atoms with Crippen molar-refractivity contribution >= 4 is 46.4 Å². The molecular weight excluding hydrogens is 373 g/mol. The maximum absolute atomic E-state index is 12.5. The Morgan fingerprint density at radius 3 is 2.33 bits per heavy atom. The third-order valence-corrected chi connectivity index (χ3v) is 4.30. The Kier molecular flexibility index (Phi) is 6.60. The van der Waals surface area contributed by atoms with Crippen LogP contribution in [0.4, 0.5) is 5.69 Å². The van der Waals surface area contributed by atoms with Gasteiger partial charge in [0, 0.05) is 0 Å². The molecular formula is C17H16Cl3NO3. The number of anilines is 1. The second-order valence-electron chi connectivity index (χ2n) is 4.90. The zero-order valence-corrected chi connectivity index (χ0v) is 15.4. The molecule has 0 fully saturated rings. The van der Waals surface area contributed by atoms with Crippen molar-refractivity contribution in [2.45, 2.75) is 19.4 Å². The summed E-state index contributed by atoms with van der Waals surface area (Å²) in [5, 5.41) is 3.62. The lowest BCUT2D eigenvalue weighted by atomic mass is 10.2. The summed E-state index contributed by atoms with van der Waals surface area (Å²) in [4.78, 5) is 12.5. The fraction of sp³-hybridized carbons (Fsp3) is 0.235. The molecule has 4 nitrogen and oxygen atoms in total. The van der Waals surface area contributed by atoms with Crippen LogP contribution in [-0.2, 0) is 4.79 Å².